The Morgan fingerprint density at radius 2 is 1.75 bits per heavy atom. The van der Waals surface area contributed by atoms with Crippen LogP contribution in [0.25, 0.3) is 11.4 Å². The van der Waals surface area contributed by atoms with Crippen LogP contribution < -0.4 is 4.31 Å². The number of benzene rings is 2. The Hall–Kier alpha value is -3.20. The van der Waals surface area contributed by atoms with E-state index in [1.54, 1.807) is 19.2 Å². The largest absolute Gasteiger partial charge is 0.337 e. The fourth-order valence-corrected chi connectivity index (χ4v) is 4.33. The lowest BCUT2D eigenvalue weighted by Gasteiger charge is -2.24. The molecule has 1 amide bonds. The number of hydrogen-bond donors (Lipinski definition) is 0. The first-order valence-corrected chi connectivity index (χ1v) is 12.2. The highest BCUT2D eigenvalue weighted by Gasteiger charge is 2.20. The summed E-state index contributed by atoms with van der Waals surface area (Å²) in [5, 5.41) is 3.99. The average molecular weight is 457 g/mol. The summed E-state index contributed by atoms with van der Waals surface area (Å²) in [6.07, 6.45) is 1.77. The fraction of sp³-hybridized carbons (Fsp3) is 0.348. The van der Waals surface area contributed by atoms with Gasteiger partial charge < -0.3 is 9.42 Å². The minimum atomic E-state index is -3.46. The number of sulfonamides is 1. The van der Waals surface area contributed by atoms with Crippen LogP contribution in [0, 0.1) is 13.8 Å². The highest BCUT2D eigenvalue weighted by molar-refractivity contribution is 7.92. The number of hydrogen-bond acceptors (Lipinski definition) is 6. The average Bonchev–Trinajstić information content (AvgIpc) is 3.20. The first-order chi connectivity index (χ1) is 15.1. The van der Waals surface area contributed by atoms with Gasteiger partial charge in [-0.3, -0.25) is 9.10 Å². The van der Waals surface area contributed by atoms with Crippen LogP contribution in [0.15, 0.2) is 53.1 Å². The van der Waals surface area contributed by atoms with Gasteiger partial charge in [0.1, 0.15) is 0 Å². The number of aromatic nitrogens is 2. The van der Waals surface area contributed by atoms with Crippen molar-refractivity contribution in [3.05, 3.63) is 65.5 Å². The Morgan fingerprint density at radius 3 is 2.41 bits per heavy atom. The van der Waals surface area contributed by atoms with Gasteiger partial charge in [-0.1, -0.05) is 53.2 Å². The highest BCUT2D eigenvalue weighted by atomic mass is 32.2. The predicted octanol–water partition coefficient (Wildman–Crippen LogP) is 3.56. The molecule has 0 radical (unpaired) electrons. The molecule has 8 nitrogen and oxygen atoms in total. The summed E-state index contributed by atoms with van der Waals surface area (Å²) in [6, 6.07) is 15.1. The SMILES string of the molecule is Cc1ccc(-c2noc(CN(C)C(=O)CCCN(c3ccccc3C)S(C)(=O)=O)n2)cc1. The number of para-hydroxylation sites is 1. The molecule has 2 aromatic carbocycles. The highest BCUT2D eigenvalue weighted by Crippen LogP contribution is 2.23. The molecule has 0 unspecified atom stereocenters. The smallest absolute Gasteiger partial charge is 0.246 e. The van der Waals surface area contributed by atoms with Crippen LogP contribution in [0.5, 0.6) is 0 Å². The monoisotopic (exact) mass is 456 g/mol. The summed E-state index contributed by atoms with van der Waals surface area (Å²) in [6.45, 7) is 4.27. The van der Waals surface area contributed by atoms with Gasteiger partial charge in [-0.2, -0.15) is 4.98 Å². The lowest BCUT2D eigenvalue weighted by atomic mass is 10.1. The van der Waals surface area contributed by atoms with Gasteiger partial charge in [-0.15, -0.1) is 0 Å². The molecule has 0 saturated heterocycles. The minimum absolute atomic E-state index is 0.127. The standard InChI is InChI=1S/C23H28N4O4S/c1-17-11-13-19(14-12-17)23-24-21(31-25-23)16-26(3)22(28)10-7-15-27(32(4,29)30)20-9-6-5-8-18(20)2/h5-6,8-9,11-14H,7,10,15-16H2,1-4H3. The van der Waals surface area contributed by atoms with Gasteiger partial charge in [0.25, 0.3) is 0 Å². The molecule has 1 heterocycles. The maximum absolute atomic E-state index is 12.6. The Labute approximate surface area is 188 Å². The molecule has 0 saturated carbocycles. The quantitative estimate of drug-likeness (QED) is 0.488. The maximum Gasteiger partial charge on any atom is 0.246 e. The summed E-state index contributed by atoms with van der Waals surface area (Å²) < 4.78 is 31.2. The van der Waals surface area contributed by atoms with Gasteiger partial charge in [0.2, 0.25) is 27.6 Å². The molecule has 32 heavy (non-hydrogen) atoms. The van der Waals surface area contributed by atoms with Crippen molar-refractivity contribution in [3.8, 4) is 11.4 Å². The van der Waals surface area contributed by atoms with Crippen LogP contribution in [0.3, 0.4) is 0 Å². The summed E-state index contributed by atoms with van der Waals surface area (Å²) in [5.74, 6) is 0.690. The van der Waals surface area contributed by atoms with E-state index in [-0.39, 0.29) is 25.4 Å². The summed E-state index contributed by atoms with van der Waals surface area (Å²) >= 11 is 0. The van der Waals surface area contributed by atoms with Gasteiger partial charge in [-0.05, 0) is 31.9 Å². The fourth-order valence-electron chi connectivity index (χ4n) is 3.30. The number of anilines is 1. The zero-order valence-electron chi connectivity index (χ0n) is 18.8. The van der Waals surface area contributed by atoms with Crippen LogP contribution in [-0.4, -0.2) is 49.2 Å². The van der Waals surface area contributed by atoms with E-state index in [0.717, 1.165) is 16.7 Å². The van der Waals surface area contributed by atoms with Crippen LogP contribution in [-0.2, 0) is 21.4 Å². The Kier molecular flexibility index (Phi) is 7.29. The van der Waals surface area contributed by atoms with Crippen molar-refractivity contribution in [2.75, 3.05) is 24.2 Å². The van der Waals surface area contributed by atoms with E-state index in [1.165, 1.54) is 15.5 Å². The summed E-state index contributed by atoms with van der Waals surface area (Å²) in [4.78, 5) is 18.4. The van der Waals surface area contributed by atoms with Crippen molar-refractivity contribution in [2.24, 2.45) is 0 Å². The van der Waals surface area contributed by atoms with Gasteiger partial charge in [0.15, 0.2) is 0 Å². The zero-order chi connectivity index (χ0) is 23.3. The molecule has 0 aliphatic carbocycles. The van der Waals surface area contributed by atoms with E-state index in [0.29, 0.717) is 23.8 Å². The molecule has 0 spiro atoms. The van der Waals surface area contributed by atoms with Crippen molar-refractivity contribution in [1.29, 1.82) is 0 Å². The second kappa shape index (κ2) is 9.95. The van der Waals surface area contributed by atoms with Crippen LogP contribution >= 0.6 is 0 Å². The van der Waals surface area contributed by atoms with Gasteiger partial charge in [-0.25, -0.2) is 8.42 Å². The number of amides is 1. The van der Waals surface area contributed by atoms with E-state index in [9.17, 15) is 13.2 Å². The predicted molar refractivity (Wildman–Crippen MR) is 124 cm³/mol. The Balaban J connectivity index is 1.56. The van der Waals surface area contributed by atoms with Crippen LogP contribution in [0.4, 0.5) is 5.69 Å². The van der Waals surface area contributed by atoms with E-state index in [4.69, 9.17) is 4.52 Å². The lowest BCUT2D eigenvalue weighted by molar-refractivity contribution is -0.130. The molecule has 0 fully saturated rings. The van der Waals surface area contributed by atoms with Gasteiger partial charge in [0, 0.05) is 25.6 Å². The number of carbonyl (C=O) groups excluding carboxylic acids is 1. The minimum Gasteiger partial charge on any atom is -0.337 e. The van der Waals surface area contributed by atoms with E-state index >= 15 is 0 Å². The first-order valence-electron chi connectivity index (χ1n) is 10.3. The Bertz CT molecular complexity index is 1170. The molecule has 9 heteroatoms. The van der Waals surface area contributed by atoms with Crippen molar-refractivity contribution < 1.29 is 17.7 Å². The number of rotatable bonds is 9. The van der Waals surface area contributed by atoms with Crippen molar-refractivity contribution in [1.82, 2.24) is 15.0 Å². The van der Waals surface area contributed by atoms with Crippen molar-refractivity contribution in [3.63, 3.8) is 0 Å². The third-order valence-electron chi connectivity index (χ3n) is 5.11. The van der Waals surface area contributed by atoms with Gasteiger partial charge >= 0.3 is 0 Å². The molecule has 0 bridgehead atoms. The Morgan fingerprint density at radius 1 is 1.06 bits per heavy atom. The van der Waals surface area contributed by atoms with Crippen LogP contribution in [0.2, 0.25) is 0 Å². The number of aryl methyl sites for hydroxylation is 2. The maximum atomic E-state index is 12.6. The molecule has 0 aliphatic rings. The molecule has 3 rings (SSSR count). The normalized spacial score (nSPS) is 11.4. The lowest BCUT2D eigenvalue weighted by Crippen LogP contribution is -2.33. The second-order valence-corrected chi connectivity index (χ2v) is 9.76. The topological polar surface area (TPSA) is 96.6 Å². The van der Waals surface area contributed by atoms with E-state index in [1.807, 2.05) is 50.2 Å². The molecule has 170 valence electrons. The molecule has 1 aromatic heterocycles. The van der Waals surface area contributed by atoms with Crippen molar-refractivity contribution in [2.45, 2.75) is 33.2 Å². The molecule has 0 aliphatic heterocycles. The van der Waals surface area contributed by atoms with E-state index < -0.39 is 10.0 Å². The first kappa shape index (κ1) is 23.5. The summed E-state index contributed by atoms with van der Waals surface area (Å²) in [5.41, 5.74) is 3.48. The zero-order valence-corrected chi connectivity index (χ0v) is 19.6. The van der Waals surface area contributed by atoms with Gasteiger partial charge in [0.05, 0.1) is 18.5 Å². The molecule has 0 atom stereocenters. The summed E-state index contributed by atoms with van der Waals surface area (Å²) in [7, 11) is -1.80. The number of carbonyl (C=O) groups is 1. The molecular formula is C23H28N4O4S. The molecule has 0 N–H and O–H groups in total. The third kappa shape index (κ3) is 5.94. The van der Waals surface area contributed by atoms with E-state index in [2.05, 4.69) is 10.1 Å². The third-order valence-corrected chi connectivity index (χ3v) is 6.29. The number of nitrogens with zero attached hydrogens (tertiary/aromatic N) is 4. The molecular weight excluding hydrogens is 428 g/mol. The second-order valence-electron chi connectivity index (χ2n) is 7.85. The van der Waals surface area contributed by atoms with Crippen molar-refractivity contribution >= 4 is 21.6 Å². The van der Waals surface area contributed by atoms with Crippen LogP contribution in [0.1, 0.15) is 29.9 Å². The molecule has 3 aromatic rings.